The highest BCUT2D eigenvalue weighted by Gasteiger charge is 2.40. The zero-order valence-electron chi connectivity index (χ0n) is 15.5. The molecule has 1 aromatic carbocycles. The fraction of sp³-hybridized carbons (Fsp3) is 0.600. The number of hydrogen-bond acceptors (Lipinski definition) is 3. The van der Waals surface area contributed by atoms with Crippen LogP contribution in [-0.4, -0.2) is 53.8 Å². The van der Waals surface area contributed by atoms with E-state index in [9.17, 15) is 9.59 Å². The second-order valence-corrected chi connectivity index (χ2v) is 7.21. The van der Waals surface area contributed by atoms with E-state index < -0.39 is 0 Å². The van der Waals surface area contributed by atoms with Crippen molar-refractivity contribution in [2.24, 2.45) is 11.7 Å². The summed E-state index contributed by atoms with van der Waals surface area (Å²) in [4.78, 5) is 29.1. The molecule has 2 N–H and O–H groups in total. The standard InChI is InChI=1S/C20H29N3O2.ClH/c1-2-19(24)23-11-7-6-10-18(23)20(25)22-13-16(12-21)17(14-22)15-8-4-3-5-9-15;/h3-5,8-9,16-18H,2,6-7,10-14,21H2,1H3;1H/t16-,17+,18?;/m1./s1. The summed E-state index contributed by atoms with van der Waals surface area (Å²) in [5.41, 5.74) is 7.25. The van der Waals surface area contributed by atoms with Crippen LogP contribution >= 0.6 is 12.4 Å². The van der Waals surface area contributed by atoms with Crippen LogP contribution in [0, 0.1) is 5.92 Å². The van der Waals surface area contributed by atoms with E-state index in [1.165, 1.54) is 5.56 Å². The Balaban J connectivity index is 0.00000243. The summed E-state index contributed by atoms with van der Waals surface area (Å²) >= 11 is 0. The highest BCUT2D eigenvalue weighted by Crippen LogP contribution is 2.33. The van der Waals surface area contributed by atoms with Gasteiger partial charge in [0.2, 0.25) is 11.8 Å². The molecule has 1 unspecified atom stereocenters. The van der Waals surface area contributed by atoms with Gasteiger partial charge < -0.3 is 15.5 Å². The van der Waals surface area contributed by atoms with Gasteiger partial charge >= 0.3 is 0 Å². The molecule has 144 valence electrons. The van der Waals surface area contributed by atoms with Gasteiger partial charge in [-0.3, -0.25) is 9.59 Å². The quantitative estimate of drug-likeness (QED) is 0.873. The smallest absolute Gasteiger partial charge is 0.245 e. The predicted molar refractivity (Wildman–Crippen MR) is 105 cm³/mol. The van der Waals surface area contributed by atoms with Gasteiger partial charge in [-0.05, 0) is 37.3 Å². The zero-order valence-corrected chi connectivity index (χ0v) is 16.3. The van der Waals surface area contributed by atoms with Crippen LogP contribution in [0.1, 0.15) is 44.1 Å². The monoisotopic (exact) mass is 379 g/mol. The molecule has 2 saturated heterocycles. The number of hydrogen-bond donors (Lipinski definition) is 1. The minimum Gasteiger partial charge on any atom is -0.340 e. The van der Waals surface area contributed by atoms with E-state index in [1.807, 2.05) is 30.0 Å². The molecule has 26 heavy (non-hydrogen) atoms. The largest absolute Gasteiger partial charge is 0.340 e. The van der Waals surface area contributed by atoms with Gasteiger partial charge in [-0.15, -0.1) is 12.4 Å². The Bertz CT molecular complexity index is 610. The van der Waals surface area contributed by atoms with Gasteiger partial charge in [0.05, 0.1) is 0 Å². The highest BCUT2D eigenvalue weighted by molar-refractivity contribution is 5.88. The Labute approximate surface area is 162 Å². The summed E-state index contributed by atoms with van der Waals surface area (Å²) in [6.45, 7) is 4.55. The number of carbonyl (C=O) groups is 2. The summed E-state index contributed by atoms with van der Waals surface area (Å²) < 4.78 is 0. The number of amides is 2. The van der Waals surface area contributed by atoms with Crippen LogP contribution in [0.2, 0.25) is 0 Å². The molecule has 5 nitrogen and oxygen atoms in total. The minimum atomic E-state index is -0.283. The van der Waals surface area contributed by atoms with E-state index in [0.717, 1.165) is 19.3 Å². The molecule has 1 aromatic rings. The van der Waals surface area contributed by atoms with Crippen molar-refractivity contribution >= 4 is 24.2 Å². The summed E-state index contributed by atoms with van der Waals surface area (Å²) in [6.07, 6.45) is 3.25. The Morgan fingerprint density at radius 1 is 1.15 bits per heavy atom. The van der Waals surface area contributed by atoms with Crippen LogP contribution in [0.5, 0.6) is 0 Å². The van der Waals surface area contributed by atoms with Gasteiger partial charge in [-0.1, -0.05) is 37.3 Å². The average molecular weight is 380 g/mol. The first-order valence-corrected chi connectivity index (χ1v) is 9.49. The Morgan fingerprint density at radius 2 is 1.88 bits per heavy atom. The van der Waals surface area contributed by atoms with Gasteiger partial charge in [0.25, 0.3) is 0 Å². The normalized spacial score (nSPS) is 25.7. The fourth-order valence-electron chi connectivity index (χ4n) is 4.27. The van der Waals surface area contributed by atoms with E-state index in [1.54, 1.807) is 4.90 Å². The summed E-state index contributed by atoms with van der Waals surface area (Å²) in [6, 6.07) is 10.0. The van der Waals surface area contributed by atoms with Crippen LogP contribution in [0.3, 0.4) is 0 Å². The van der Waals surface area contributed by atoms with Crippen molar-refractivity contribution in [3.8, 4) is 0 Å². The third-order valence-electron chi connectivity index (χ3n) is 5.69. The number of rotatable bonds is 4. The Hall–Kier alpha value is -1.59. The molecule has 0 aromatic heterocycles. The van der Waals surface area contributed by atoms with Gasteiger partial charge in [0, 0.05) is 32.0 Å². The molecule has 2 aliphatic heterocycles. The van der Waals surface area contributed by atoms with E-state index in [4.69, 9.17) is 5.73 Å². The van der Waals surface area contributed by atoms with Crippen molar-refractivity contribution < 1.29 is 9.59 Å². The van der Waals surface area contributed by atoms with Crippen LogP contribution in [0.25, 0.3) is 0 Å². The lowest BCUT2D eigenvalue weighted by molar-refractivity contribution is -0.147. The van der Waals surface area contributed by atoms with Crippen molar-refractivity contribution in [1.29, 1.82) is 0 Å². The number of carbonyl (C=O) groups excluding carboxylic acids is 2. The maximum atomic E-state index is 13.2. The number of likely N-dealkylation sites (tertiary alicyclic amines) is 2. The van der Waals surface area contributed by atoms with Crippen molar-refractivity contribution in [2.75, 3.05) is 26.2 Å². The molecule has 2 heterocycles. The minimum absolute atomic E-state index is 0. The lowest BCUT2D eigenvalue weighted by Gasteiger charge is -2.36. The molecule has 3 rings (SSSR count). The molecule has 6 heteroatoms. The first-order valence-electron chi connectivity index (χ1n) is 9.49. The molecule has 0 radical (unpaired) electrons. The number of piperidine rings is 1. The Kier molecular flexibility index (Phi) is 7.47. The molecule has 0 saturated carbocycles. The summed E-state index contributed by atoms with van der Waals surface area (Å²) in [5.74, 6) is 0.768. The van der Waals surface area contributed by atoms with E-state index in [2.05, 4.69) is 12.1 Å². The molecular formula is C20H30ClN3O2. The third-order valence-corrected chi connectivity index (χ3v) is 5.69. The Morgan fingerprint density at radius 3 is 2.54 bits per heavy atom. The van der Waals surface area contributed by atoms with Crippen molar-refractivity contribution in [3.05, 3.63) is 35.9 Å². The van der Waals surface area contributed by atoms with Crippen LogP contribution in [0.4, 0.5) is 0 Å². The number of halogens is 1. The SMILES string of the molecule is CCC(=O)N1CCCCC1C(=O)N1C[C@@H](CN)[C@H](c2ccccc2)C1.Cl. The fourth-order valence-corrected chi connectivity index (χ4v) is 4.27. The van der Waals surface area contributed by atoms with Crippen molar-refractivity contribution in [1.82, 2.24) is 9.80 Å². The molecule has 2 fully saturated rings. The van der Waals surface area contributed by atoms with E-state index in [0.29, 0.717) is 32.6 Å². The molecule has 0 bridgehead atoms. The van der Waals surface area contributed by atoms with Gasteiger partial charge in [0.15, 0.2) is 0 Å². The summed E-state index contributed by atoms with van der Waals surface area (Å²) in [5, 5.41) is 0. The molecule has 3 atom stereocenters. The maximum absolute atomic E-state index is 13.2. The summed E-state index contributed by atoms with van der Waals surface area (Å²) in [7, 11) is 0. The third kappa shape index (κ3) is 4.21. The molecule has 2 aliphatic rings. The van der Waals surface area contributed by atoms with Crippen LogP contribution in [-0.2, 0) is 9.59 Å². The molecule has 0 spiro atoms. The van der Waals surface area contributed by atoms with E-state index in [-0.39, 0.29) is 42.1 Å². The first kappa shape index (κ1) is 20.7. The lowest BCUT2D eigenvalue weighted by Crippen LogP contribution is -2.52. The van der Waals surface area contributed by atoms with Crippen molar-refractivity contribution in [2.45, 2.75) is 44.6 Å². The number of benzene rings is 1. The highest BCUT2D eigenvalue weighted by atomic mass is 35.5. The number of nitrogens with zero attached hydrogens (tertiary/aromatic N) is 2. The van der Waals surface area contributed by atoms with Crippen molar-refractivity contribution in [3.63, 3.8) is 0 Å². The zero-order chi connectivity index (χ0) is 17.8. The van der Waals surface area contributed by atoms with E-state index >= 15 is 0 Å². The number of nitrogens with two attached hydrogens (primary N) is 1. The van der Waals surface area contributed by atoms with Gasteiger partial charge in [0.1, 0.15) is 6.04 Å². The van der Waals surface area contributed by atoms with Crippen LogP contribution < -0.4 is 5.73 Å². The topological polar surface area (TPSA) is 66.6 Å². The predicted octanol–water partition coefficient (Wildman–Crippen LogP) is 2.40. The van der Waals surface area contributed by atoms with Crippen LogP contribution in [0.15, 0.2) is 30.3 Å². The second-order valence-electron chi connectivity index (χ2n) is 7.21. The van der Waals surface area contributed by atoms with Gasteiger partial charge in [-0.25, -0.2) is 0 Å². The lowest BCUT2D eigenvalue weighted by atomic mass is 9.89. The molecule has 0 aliphatic carbocycles. The second kappa shape index (κ2) is 9.38. The average Bonchev–Trinajstić information content (AvgIpc) is 3.12. The molecular weight excluding hydrogens is 350 g/mol. The van der Waals surface area contributed by atoms with Gasteiger partial charge in [-0.2, -0.15) is 0 Å². The maximum Gasteiger partial charge on any atom is 0.245 e. The molecule has 2 amide bonds. The first-order chi connectivity index (χ1) is 12.2.